The van der Waals surface area contributed by atoms with Crippen molar-refractivity contribution in [3.8, 4) is 0 Å². The zero-order chi connectivity index (χ0) is 23.1. The van der Waals surface area contributed by atoms with Gasteiger partial charge in [0.1, 0.15) is 16.4 Å². The van der Waals surface area contributed by atoms with Gasteiger partial charge in [0.25, 0.3) is 0 Å². The summed E-state index contributed by atoms with van der Waals surface area (Å²) in [7, 11) is -2.45. The van der Waals surface area contributed by atoms with Crippen LogP contribution in [0.3, 0.4) is 0 Å². The van der Waals surface area contributed by atoms with E-state index in [4.69, 9.17) is 9.88 Å². The van der Waals surface area contributed by atoms with Gasteiger partial charge < -0.3 is 10.1 Å². The number of carbonyl (C=O) groups excluding carboxylic acids is 1. The minimum absolute atomic E-state index is 0.0304. The summed E-state index contributed by atoms with van der Waals surface area (Å²) >= 11 is 2.79. The van der Waals surface area contributed by atoms with Gasteiger partial charge in [-0.2, -0.15) is 0 Å². The van der Waals surface area contributed by atoms with Crippen molar-refractivity contribution in [1.82, 2.24) is 9.97 Å². The van der Waals surface area contributed by atoms with Crippen molar-refractivity contribution in [2.75, 3.05) is 18.7 Å². The Bertz CT molecular complexity index is 1190. The number of rotatable bonds is 9. The maximum atomic E-state index is 12.6. The van der Waals surface area contributed by atoms with E-state index in [1.54, 1.807) is 12.1 Å². The molecule has 3 rings (SSSR count). The zero-order valence-electron chi connectivity index (χ0n) is 17.4. The number of anilines is 1. The summed E-state index contributed by atoms with van der Waals surface area (Å²) in [6, 6.07) is 16.0. The molecule has 0 radical (unpaired) electrons. The molecule has 0 amide bonds. The SMILES string of the molecule is COC(=O)c1c(NCc2ccc(S(N)(=O)=O)cc2)nc(SC)nc1SCc1ccccc1. The van der Waals surface area contributed by atoms with Gasteiger partial charge in [-0.15, -0.1) is 11.8 Å². The highest BCUT2D eigenvalue weighted by atomic mass is 32.2. The Hall–Kier alpha value is -2.60. The van der Waals surface area contributed by atoms with Crippen molar-refractivity contribution in [2.24, 2.45) is 5.14 Å². The summed E-state index contributed by atoms with van der Waals surface area (Å²) in [6.07, 6.45) is 1.86. The van der Waals surface area contributed by atoms with Gasteiger partial charge in [-0.1, -0.05) is 54.2 Å². The Balaban J connectivity index is 1.88. The second-order valence-corrected chi connectivity index (χ2v) is 9.85. The lowest BCUT2D eigenvalue weighted by molar-refractivity contribution is 0.0596. The van der Waals surface area contributed by atoms with Gasteiger partial charge in [0.15, 0.2) is 5.16 Å². The summed E-state index contributed by atoms with van der Waals surface area (Å²) in [6.45, 7) is 0.308. The first-order valence-corrected chi connectivity index (χ1v) is 13.1. The third kappa shape index (κ3) is 6.22. The molecule has 2 aromatic carbocycles. The number of ether oxygens (including phenoxy) is 1. The first-order chi connectivity index (χ1) is 15.3. The lowest BCUT2D eigenvalue weighted by Crippen LogP contribution is -2.14. The standard InChI is InChI=1S/C21H22N4O4S3/c1-29-20(26)17-18(23-12-14-8-10-16(11-9-14)32(22,27)28)24-21(30-2)25-19(17)31-13-15-6-4-3-5-7-15/h3-11H,12-13H2,1-2H3,(H2,22,27,28)(H,23,24,25). The number of methoxy groups -OCH3 is 1. The van der Waals surface area contributed by atoms with Crippen LogP contribution < -0.4 is 10.5 Å². The van der Waals surface area contributed by atoms with Crippen LogP contribution in [-0.4, -0.2) is 37.7 Å². The van der Waals surface area contributed by atoms with E-state index in [0.717, 1.165) is 11.1 Å². The monoisotopic (exact) mass is 490 g/mol. The van der Waals surface area contributed by atoms with E-state index >= 15 is 0 Å². The summed E-state index contributed by atoms with van der Waals surface area (Å²) in [5.41, 5.74) is 2.14. The van der Waals surface area contributed by atoms with Crippen LogP contribution in [0.2, 0.25) is 0 Å². The van der Waals surface area contributed by atoms with Crippen molar-refractivity contribution in [3.05, 3.63) is 71.3 Å². The lowest BCUT2D eigenvalue weighted by Gasteiger charge is -2.14. The van der Waals surface area contributed by atoms with E-state index in [0.29, 0.717) is 28.3 Å². The molecule has 0 saturated carbocycles. The molecular formula is C21H22N4O4S3. The molecule has 11 heteroatoms. The van der Waals surface area contributed by atoms with Crippen molar-refractivity contribution in [3.63, 3.8) is 0 Å². The highest BCUT2D eigenvalue weighted by molar-refractivity contribution is 7.99. The molecule has 32 heavy (non-hydrogen) atoms. The maximum absolute atomic E-state index is 12.6. The quantitative estimate of drug-likeness (QED) is 0.200. The van der Waals surface area contributed by atoms with E-state index in [-0.39, 0.29) is 10.5 Å². The van der Waals surface area contributed by atoms with E-state index in [1.165, 1.54) is 42.8 Å². The normalized spacial score (nSPS) is 11.2. The van der Waals surface area contributed by atoms with E-state index in [9.17, 15) is 13.2 Å². The van der Waals surface area contributed by atoms with Gasteiger partial charge in [0.05, 0.1) is 12.0 Å². The number of primary sulfonamides is 1. The minimum Gasteiger partial charge on any atom is -0.465 e. The number of hydrogen-bond donors (Lipinski definition) is 2. The Labute approximate surface area is 195 Å². The lowest BCUT2D eigenvalue weighted by atomic mass is 10.2. The number of nitrogens with two attached hydrogens (primary N) is 1. The second-order valence-electron chi connectivity index (χ2n) is 6.55. The molecule has 3 N–H and O–H groups in total. The van der Waals surface area contributed by atoms with Crippen LogP contribution in [0, 0.1) is 0 Å². The third-order valence-corrected chi connectivity index (χ3v) is 6.88. The first kappa shape index (κ1) is 24.1. The van der Waals surface area contributed by atoms with Gasteiger partial charge in [0.2, 0.25) is 10.0 Å². The predicted molar refractivity (Wildman–Crippen MR) is 126 cm³/mol. The fourth-order valence-electron chi connectivity index (χ4n) is 2.74. The van der Waals surface area contributed by atoms with Gasteiger partial charge >= 0.3 is 5.97 Å². The summed E-state index contributed by atoms with van der Waals surface area (Å²) in [5.74, 6) is 0.437. The van der Waals surface area contributed by atoms with E-state index < -0.39 is 16.0 Å². The largest absolute Gasteiger partial charge is 0.465 e. The minimum atomic E-state index is -3.76. The third-order valence-electron chi connectivity index (χ3n) is 4.36. The van der Waals surface area contributed by atoms with Crippen LogP contribution in [0.4, 0.5) is 5.82 Å². The van der Waals surface area contributed by atoms with Crippen LogP contribution in [0.15, 0.2) is 69.7 Å². The van der Waals surface area contributed by atoms with E-state index in [1.807, 2.05) is 36.6 Å². The number of aromatic nitrogens is 2. The second kappa shape index (κ2) is 10.8. The number of nitrogens with one attached hydrogen (secondary N) is 1. The summed E-state index contributed by atoms with van der Waals surface area (Å²) in [4.78, 5) is 21.6. The smallest absolute Gasteiger partial charge is 0.344 e. The Morgan fingerprint density at radius 3 is 2.34 bits per heavy atom. The molecule has 0 aliphatic rings. The molecule has 8 nitrogen and oxygen atoms in total. The molecule has 0 aliphatic heterocycles. The highest BCUT2D eigenvalue weighted by Gasteiger charge is 2.22. The number of benzene rings is 2. The summed E-state index contributed by atoms with van der Waals surface area (Å²) < 4.78 is 27.9. The van der Waals surface area contributed by atoms with Crippen molar-refractivity contribution in [2.45, 2.75) is 27.4 Å². The Kier molecular flexibility index (Phi) is 8.13. The topological polar surface area (TPSA) is 124 Å². The van der Waals surface area contributed by atoms with Crippen molar-refractivity contribution < 1.29 is 17.9 Å². The Morgan fingerprint density at radius 2 is 1.75 bits per heavy atom. The number of sulfonamides is 1. The molecular weight excluding hydrogens is 468 g/mol. The van der Waals surface area contributed by atoms with Gasteiger partial charge in [-0.05, 0) is 29.5 Å². The molecule has 0 aliphatic carbocycles. The molecule has 0 saturated heterocycles. The number of thioether (sulfide) groups is 2. The number of carbonyl (C=O) groups is 1. The molecule has 0 unspecified atom stereocenters. The molecule has 168 valence electrons. The number of hydrogen-bond acceptors (Lipinski definition) is 9. The van der Waals surface area contributed by atoms with Crippen LogP contribution in [-0.2, 0) is 27.1 Å². The van der Waals surface area contributed by atoms with Gasteiger partial charge in [0, 0.05) is 12.3 Å². The fraction of sp³-hybridized carbons (Fsp3) is 0.190. The number of nitrogens with zero attached hydrogens (tertiary/aromatic N) is 2. The van der Waals surface area contributed by atoms with Gasteiger partial charge in [-0.25, -0.2) is 28.3 Å². The molecule has 0 atom stereocenters. The first-order valence-electron chi connectivity index (χ1n) is 9.38. The molecule has 1 aromatic heterocycles. The molecule has 0 bridgehead atoms. The fourth-order valence-corrected chi connectivity index (χ4v) is 4.65. The molecule has 1 heterocycles. The van der Waals surface area contributed by atoms with Crippen molar-refractivity contribution >= 4 is 45.3 Å². The Morgan fingerprint density at radius 1 is 1.06 bits per heavy atom. The average molecular weight is 491 g/mol. The molecule has 3 aromatic rings. The average Bonchev–Trinajstić information content (AvgIpc) is 2.80. The predicted octanol–water partition coefficient (Wildman–Crippen LogP) is 3.54. The number of esters is 1. The van der Waals surface area contributed by atoms with Crippen LogP contribution in [0.1, 0.15) is 21.5 Å². The molecule has 0 spiro atoms. The van der Waals surface area contributed by atoms with Crippen LogP contribution in [0.25, 0.3) is 0 Å². The molecule has 0 fully saturated rings. The van der Waals surface area contributed by atoms with Crippen LogP contribution >= 0.6 is 23.5 Å². The maximum Gasteiger partial charge on any atom is 0.344 e. The van der Waals surface area contributed by atoms with E-state index in [2.05, 4.69) is 15.3 Å². The van der Waals surface area contributed by atoms with Gasteiger partial charge in [-0.3, -0.25) is 0 Å². The zero-order valence-corrected chi connectivity index (χ0v) is 19.9. The summed E-state index contributed by atoms with van der Waals surface area (Å²) in [5, 5.41) is 9.33. The highest BCUT2D eigenvalue weighted by Crippen LogP contribution is 2.31. The van der Waals surface area contributed by atoms with Crippen molar-refractivity contribution in [1.29, 1.82) is 0 Å². The van der Waals surface area contributed by atoms with Crippen LogP contribution in [0.5, 0.6) is 0 Å².